The minimum Gasteiger partial charge on any atom is -0.480 e. The number of carboxylic acid groups (broad SMARTS) is 1. The lowest BCUT2D eigenvalue weighted by Crippen LogP contribution is -2.44. The first-order valence-corrected chi connectivity index (χ1v) is 6.77. The molecule has 0 bridgehead atoms. The van der Waals surface area contributed by atoms with Crippen LogP contribution in [0.4, 0.5) is 0 Å². The Morgan fingerprint density at radius 3 is 2.75 bits per heavy atom. The van der Waals surface area contributed by atoms with Crippen molar-refractivity contribution in [2.24, 2.45) is 5.92 Å². The first-order valence-electron chi connectivity index (χ1n) is 4.97. The molecular weight excluding hydrogens is 237 g/mol. The summed E-state index contributed by atoms with van der Waals surface area (Å²) < 4.78 is 15.4. The van der Waals surface area contributed by atoms with Crippen molar-refractivity contribution < 1.29 is 29.0 Å². The maximum absolute atomic E-state index is 10.7. The Balaban J connectivity index is 2.27. The van der Waals surface area contributed by atoms with E-state index in [4.69, 9.17) is 19.6 Å². The Morgan fingerprint density at radius 1 is 1.50 bits per heavy atom. The van der Waals surface area contributed by atoms with Gasteiger partial charge in [0.2, 0.25) is 0 Å². The Hall–Kier alpha value is -0.460. The maximum atomic E-state index is 10.7. The molecule has 0 amide bonds. The van der Waals surface area contributed by atoms with Crippen molar-refractivity contribution >= 4 is 13.6 Å². The first kappa shape index (κ1) is 13.6. The van der Waals surface area contributed by atoms with Gasteiger partial charge in [0, 0.05) is 0 Å². The van der Waals surface area contributed by atoms with E-state index in [1.54, 1.807) is 0 Å². The fourth-order valence-corrected chi connectivity index (χ4v) is 2.02. The van der Waals surface area contributed by atoms with E-state index in [1.165, 1.54) is 0 Å². The quantitative estimate of drug-likeness (QED) is 0.492. The van der Waals surface area contributed by atoms with Gasteiger partial charge in [-0.25, -0.2) is 0 Å². The van der Waals surface area contributed by atoms with Crippen LogP contribution < -0.4 is 5.32 Å². The zero-order valence-electron chi connectivity index (χ0n) is 8.70. The van der Waals surface area contributed by atoms with Gasteiger partial charge in [0.25, 0.3) is 0 Å². The van der Waals surface area contributed by atoms with Gasteiger partial charge in [-0.15, -0.1) is 0 Å². The first-order chi connectivity index (χ1) is 7.38. The largest absolute Gasteiger partial charge is 0.480 e. The van der Waals surface area contributed by atoms with Gasteiger partial charge in [-0.2, -0.15) is 0 Å². The minimum absolute atomic E-state index is 0.0360. The zero-order chi connectivity index (χ0) is 12.2. The summed E-state index contributed by atoms with van der Waals surface area (Å²) in [5.74, 6) is -0.867. The van der Waals surface area contributed by atoms with Gasteiger partial charge in [-0.05, 0) is 25.3 Å². The van der Waals surface area contributed by atoms with Crippen LogP contribution in [-0.4, -0.2) is 46.4 Å². The minimum atomic E-state index is -4.12. The van der Waals surface area contributed by atoms with Gasteiger partial charge >= 0.3 is 13.6 Å². The molecule has 16 heavy (non-hydrogen) atoms. The number of piperidine rings is 1. The van der Waals surface area contributed by atoms with Crippen LogP contribution >= 0.6 is 7.60 Å². The SMILES string of the molecule is O=C(O)C1CC(COCP(=O)(O)O)CCN1. The molecule has 1 aliphatic rings. The van der Waals surface area contributed by atoms with Gasteiger partial charge in [0.05, 0.1) is 6.61 Å². The average molecular weight is 253 g/mol. The summed E-state index contributed by atoms with van der Waals surface area (Å²) in [4.78, 5) is 27.8. The molecule has 1 rings (SSSR count). The van der Waals surface area contributed by atoms with Crippen LogP contribution in [0, 0.1) is 5.92 Å². The van der Waals surface area contributed by atoms with Crippen LogP contribution in [0.1, 0.15) is 12.8 Å². The zero-order valence-corrected chi connectivity index (χ0v) is 9.60. The summed E-state index contributed by atoms with van der Waals surface area (Å²) in [6.45, 7) is 0.775. The molecule has 0 aliphatic carbocycles. The molecule has 1 heterocycles. The van der Waals surface area contributed by atoms with E-state index < -0.39 is 26.0 Å². The number of aliphatic carboxylic acids is 1. The highest BCUT2D eigenvalue weighted by molar-refractivity contribution is 7.51. The Morgan fingerprint density at radius 2 is 2.19 bits per heavy atom. The van der Waals surface area contributed by atoms with Crippen LogP contribution in [0.25, 0.3) is 0 Å². The Bertz CT molecular complexity index is 290. The third-order valence-corrected chi connectivity index (χ3v) is 2.94. The second-order valence-corrected chi connectivity index (χ2v) is 5.49. The van der Waals surface area contributed by atoms with E-state index in [0.29, 0.717) is 13.0 Å². The Labute approximate surface area is 93.0 Å². The summed E-state index contributed by atoms with van der Waals surface area (Å²) in [6, 6.07) is -0.586. The van der Waals surface area contributed by atoms with E-state index in [-0.39, 0.29) is 12.5 Å². The van der Waals surface area contributed by atoms with Gasteiger partial charge in [-0.1, -0.05) is 0 Å². The lowest BCUT2D eigenvalue weighted by atomic mass is 9.93. The second kappa shape index (κ2) is 5.75. The molecule has 94 valence electrons. The standard InChI is InChI=1S/C8H16NO6P/c10-8(11)7-3-6(1-2-9-7)4-15-5-16(12,13)14/h6-7,9H,1-5H2,(H,10,11)(H2,12,13,14). The van der Waals surface area contributed by atoms with Crippen molar-refractivity contribution in [1.82, 2.24) is 5.32 Å². The van der Waals surface area contributed by atoms with Crippen molar-refractivity contribution in [1.29, 1.82) is 0 Å². The molecule has 2 unspecified atom stereocenters. The predicted octanol–water partition coefficient (Wildman–Crippen LogP) is -0.409. The molecule has 0 spiro atoms. The molecule has 0 aromatic carbocycles. The second-order valence-electron chi connectivity index (χ2n) is 3.90. The molecule has 1 aliphatic heterocycles. The van der Waals surface area contributed by atoms with Crippen molar-refractivity contribution in [2.75, 3.05) is 19.5 Å². The molecule has 0 aromatic rings. The van der Waals surface area contributed by atoms with Gasteiger partial charge < -0.3 is 24.9 Å². The van der Waals surface area contributed by atoms with Gasteiger partial charge in [0.1, 0.15) is 12.4 Å². The van der Waals surface area contributed by atoms with Crippen LogP contribution in [-0.2, 0) is 14.1 Å². The summed E-state index contributed by atoms with van der Waals surface area (Å²) in [5, 5.41) is 11.6. The van der Waals surface area contributed by atoms with Crippen LogP contribution in [0.2, 0.25) is 0 Å². The summed E-state index contributed by atoms with van der Waals surface area (Å²) in [6.07, 6.45) is 0.579. The van der Waals surface area contributed by atoms with E-state index in [1.807, 2.05) is 0 Å². The molecule has 1 saturated heterocycles. The summed E-state index contributed by atoms with van der Waals surface area (Å²) in [5.41, 5.74) is 0. The number of hydrogen-bond donors (Lipinski definition) is 4. The van der Waals surface area contributed by atoms with E-state index in [0.717, 1.165) is 6.42 Å². The molecule has 0 aromatic heterocycles. The molecule has 0 saturated carbocycles. The number of hydrogen-bond acceptors (Lipinski definition) is 4. The number of rotatable bonds is 5. The average Bonchev–Trinajstić information content (AvgIpc) is 2.16. The fraction of sp³-hybridized carbons (Fsp3) is 0.875. The lowest BCUT2D eigenvalue weighted by Gasteiger charge is -2.27. The number of ether oxygens (including phenoxy) is 1. The maximum Gasteiger partial charge on any atom is 0.350 e. The predicted molar refractivity (Wildman–Crippen MR) is 55.0 cm³/mol. The third kappa shape index (κ3) is 5.05. The normalized spacial score (nSPS) is 26.6. The Kier molecular flexibility index (Phi) is 4.89. The van der Waals surface area contributed by atoms with E-state index in [2.05, 4.69) is 5.32 Å². The molecule has 8 heteroatoms. The highest BCUT2D eigenvalue weighted by Gasteiger charge is 2.27. The lowest BCUT2D eigenvalue weighted by molar-refractivity contribution is -0.140. The van der Waals surface area contributed by atoms with Crippen LogP contribution in [0.3, 0.4) is 0 Å². The molecular formula is C8H16NO6P. The van der Waals surface area contributed by atoms with E-state index >= 15 is 0 Å². The topological polar surface area (TPSA) is 116 Å². The van der Waals surface area contributed by atoms with Gasteiger partial charge in [-0.3, -0.25) is 9.36 Å². The van der Waals surface area contributed by atoms with Crippen molar-refractivity contribution in [3.8, 4) is 0 Å². The monoisotopic (exact) mass is 253 g/mol. The number of carboxylic acids is 1. The van der Waals surface area contributed by atoms with E-state index in [9.17, 15) is 9.36 Å². The van der Waals surface area contributed by atoms with Crippen LogP contribution in [0.15, 0.2) is 0 Å². The highest BCUT2D eigenvalue weighted by atomic mass is 31.2. The highest BCUT2D eigenvalue weighted by Crippen LogP contribution is 2.34. The number of nitrogens with one attached hydrogen (secondary N) is 1. The number of carbonyl (C=O) groups is 1. The fourth-order valence-electron chi connectivity index (χ4n) is 1.67. The molecule has 2 atom stereocenters. The van der Waals surface area contributed by atoms with Crippen molar-refractivity contribution in [2.45, 2.75) is 18.9 Å². The summed E-state index contributed by atoms with van der Waals surface area (Å²) in [7, 11) is -4.12. The van der Waals surface area contributed by atoms with Gasteiger partial charge in [0.15, 0.2) is 0 Å². The summed E-state index contributed by atoms with van der Waals surface area (Å²) >= 11 is 0. The smallest absolute Gasteiger partial charge is 0.350 e. The third-order valence-electron chi connectivity index (χ3n) is 2.42. The molecule has 0 radical (unpaired) electrons. The van der Waals surface area contributed by atoms with Crippen molar-refractivity contribution in [3.05, 3.63) is 0 Å². The van der Waals surface area contributed by atoms with Crippen molar-refractivity contribution in [3.63, 3.8) is 0 Å². The molecule has 7 nitrogen and oxygen atoms in total. The van der Waals surface area contributed by atoms with Crippen LogP contribution in [0.5, 0.6) is 0 Å². The molecule has 4 N–H and O–H groups in total. The molecule has 1 fully saturated rings.